The van der Waals surface area contributed by atoms with E-state index in [4.69, 9.17) is 14.2 Å². The third-order valence-electron chi connectivity index (χ3n) is 6.39. The van der Waals surface area contributed by atoms with Gasteiger partial charge in [-0.1, -0.05) is 55.3 Å². The maximum atomic E-state index is 6.79. The molecule has 1 fully saturated rings. The van der Waals surface area contributed by atoms with Gasteiger partial charge in [0.05, 0.1) is 20.3 Å². The molecule has 1 aliphatic carbocycles. The van der Waals surface area contributed by atoms with E-state index < -0.39 is 0 Å². The van der Waals surface area contributed by atoms with Crippen molar-refractivity contribution in [2.24, 2.45) is 0 Å². The molecule has 28 heavy (non-hydrogen) atoms. The summed E-state index contributed by atoms with van der Waals surface area (Å²) in [5.41, 5.74) is 3.82. The van der Waals surface area contributed by atoms with E-state index in [0.717, 1.165) is 17.9 Å². The number of fused-ring (bicyclic) bond motifs is 4. The van der Waals surface area contributed by atoms with Crippen molar-refractivity contribution >= 4 is 10.8 Å². The third kappa shape index (κ3) is 2.77. The molecular weight excluding hydrogens is 348 g/mol. The van der Waals surface area contributed by atoms with Crippen molar-refractivity contribution in [1.29, 1.82) is 0 Å². The van der Waals surface area contributed by atoms with Gasteiger partial charge in [-0.05, 0) is 52.4 Å². The van der Waals surface area contributed by atoms with Gasteiger partial charge in [-0.2, -0.15) is 0 Å². The molecule has 0 N–H and O–H groups in total. The number of hydrogen-bond donors (Lipinski definition) is 0. The van der Waals surface area contributed by atoms with Gasteiger partial charge in [-0.15, -0.1) is 0 Å². The van der Waals surface area contributed by atoms with Crippen LogP contribution in [0.4, 0.5) is 0 Å². The molecule has 144 valence electrons. The molecule has 1 saturated carbocycles. The Balaban J connectivity index is 1.73. The summed E-state index contributed by atoms with van der Waals surface area (Å²) in [7, 11) is 3.41. The van der Waals surface area contributed by atoms with Crippen molar-refractivity contribution in [3.05, 3.63) is 71.3 Å². The number of rotatable bonds is 3. The molecule has 5 rings (SSSR count). The second-order valence-electron chi connectivity index (χ2n) is 7.85. The van der Waals surface area contributed by atoms with E-state index in [1.54, 1.807) is 14.2 Å². The Labute approximate surface area is 166 Å². The van der Waals surface area contributed by atoms with Gasteiger partial charge in [-0.3, -0.25) is 0 Å². The largest absolute Gasteiger partial charge is 0.493 e. The lowest BCUT2D eigenvalue weighted by molar-refractivity contribution is -0.0385. The summed E-state index contributed by atoms with van der Waals surface area (Å²) in [6.07, 6.45) is 4.99. The molecule has 0 bridgehead atoms. The Morgan fingerprint density at radius 2 is 1.50 bits per heavy atom. The Kier molecular flexibility index (Phi) is 4.48. The average molecular weight is 374 g/mol. The minimum Gasteiger partial charge on any atom is -0.493 e. The first-order valence-corrected chi connectivity index (χ1v) is 10.2. The second kappa shape index (κ2) is 7.14. The highest BCUT2D eigenvalue weighted by atomic mass is 16.5. The van der Waals surface area contributed by atoms with Crippen LogP contribution in [0.15, 0.2) is 54.6 Å². The van der Waals surface area contributed by atoms with Crippen LogP contribution in [-0.2, 0) is 4.74 Å². The van der Waals surface area contributed by atoms with Crippen LogP contribution in [0.1, 0.15) is 54.4 Å². The Hall–Kier alpha value is -2.52. The van der Waals surface area contributed by atoms with Gasteiger partial charge in [0.2, 0.25) is 0 Å². The van der Waals surface area contributed by atoms with Gasteiger partial charge in [0.1, 0.15) is 6.10 Å². The summed E-state index contributed by atoms with van der Waals surface area (Å²) < 4.78 is 18.0. The van der Waals surface area contributed by atoms with Crippen molar-refractivity contribution in [2.45, 2.75) is 43.8 Å². The maximum absolute atomic E-state index is 6.79. The number of benzene rings is 3. The highest BCUT2D eigenvalue weighted by molar-refractivity contribution is 5.86. The first kappa shape index (κ1) is 17.6. The average Bonchev–Trinajstić information content (AvgIpc) is 2.77. The normalized spacial score (nSPS) is 23.7. The van der Waals surface area contributed by atoms with Crippen molar-refractivity contribution in [1.82, 2.24) is 0 Å². The fourth-order valence-corrected chi connectivity index (χ4v) is 5.04. The minimum atomic E-state index is -0.0831. The summed E-state index contributed by atoms with van der Waals surface area (Å²) in [6.45, 7) is 0. The molecule has 3 atom stereocenters. The fraction of sp³-hybridized carbons (Fsp3) is 0.360. The van der Waals surface area contributed by atoms with E-state index in [0.29, 0.717) is 5.92 Å². The van der Waals surface area contributed by atoms with Crippen molar-refractivity contribution < 1.29 is 14.2 Å². The van der Waals surface area contributed by atoms with Gasteiger partial charge in [0.25, 0.3) is 0 Å². The fourth-order valence-electron chi connectivity index (χ4n) is 5.04. The molecule has 3 heteroatoms. The van der Waals surface area contributed by atoms with Crippen LogP contribution in [0.3, 0.4) is 0 Å². The van der Waals surface area contributed by atoms with Crippen LogP contribution in [0.2, 0.25) is 0 Å². The predicted octanol–water partition coefficient (Wildman–Crippen LogP) is 6.00. The minimum absolute atomic E-state index is 0.0831. The lowest BCUT2D eigenvalue weighted by Gasteiger charge is -2.42. The van der Waals surface area contributed by atoms with Crippen LogP contribution >= 0.6 is 0 Å². The molecule has 3 unspecified atom stereocenters. The molecule has 3 aromatic carbocycles. The maximum Gasteiger partial charge on any atom is 0.161 e. The molecule has 0 radical (unpaired) electrons. The molecule has 1 aliphatic heterocycles. The molecular formula is C25H26O3. The van der Waals surface area contributed by atoms with E-state index in [-0.39, 0.29) is 12.2 Å². The van der Waals surface area contributed by atoms with Crippen LogP contribution in [0, 0.1) is 0 Å². The van der Waals surface area contributed by atoms with Gasteiger partial charge in [0.15, 0.2) is 11.5 Å². The Bertz CT molecular complexity index is 1000. The molecule has 0 spiro atoms. The molecule has 3 aromatic rings. The van der Waals surface area contributed by atoms with Crippen molar-refractivity contribution in [3.63, 3.8) is 0 Å². The van der Waals surface area contributed by atoms with Crippen LogP contribution in [0.5, 0.6) is 11.5 Å². The topological polar surface area (TPSA) is 27.7 Å². The lowest BCUT2D eigenvalue weighted by Crippen LogP contribution is -2.33. The lowest BCUT2D eigenvalue weighted by atomic mass is 9.75. The van der Waals surface area contributed by atoms with E-state index >= 15 is 0 Å². The van der Waals surface area contributed by atoms with E-state index in [1.165, 1.54) is 46.7 Å². The van der Waals surface area contributed by atoms with Crippen LogP contribution in [-0.4, -0.2) is 20.3 Å². The number of ether oxygens (including phenoxy) is 3. The summed E-state index contributed by atoms with van der Waals surface area (Å²) in [4.78, 5) is 0. The van der Waals surface area contributed by atoms with E-state index in [2.05, 4.69) is 54.6 Å². The van der Waals surface area contributed by atoms with E-state index in [1.807, 2.05) is 0 Å². The number of hydrogen-bond acceptors (Lipinski definition) is 3. The van der Waals surface area contributed by atoms with Gasteiger partial charge in [0, 0.05) is 5.92 Å². The molecule has 2 aliphatic rings. The molecule has 0 aromatic heterocycles. The standard InChI is InChI=1S/C25H26O3/c1-26-23-14-20-18-11-5-6-13-22(18)28-25(21(20)15-24(23)27-2)19-12-7-9-16-8-3-4-10-17(16)19/h3-4,7-10,12,14-15,18,22,25H,5-6,11,13H2,1-2H3. The summed E-state index contributed by atoms with van der Waals surface area (Å²) in [5.74, 6) is 2.02. The van der Waals surface area contributed by atoms with E-state index in [9.17, 15) is 0 Å². The predicted molar refractivity (Wildman–Crippen MR) is 111 cm³/mol. The van der Waals surface area contributed by atoms with Crippen molar-refractivity contribution in [3.8, 4) is 11.5 Å². The first-order chi connectivity index (χ1) is 13.8. The zero-order valence-corrected chi connectivity index (χ0v) is 16.5. The third-order valence-corrected chi connectivity index (χ3v) is 6.39. The Morgan fingerprint density at radius 1 is 0.786 bits per heavy atom. The summed E-state index contributed by atoms with van der Waals surface area (Å²) in [5, 5.41) is 2.50. The zero-order chi connectivity index (χ0) is 19.1. The SMILES string of the molecule is COc1cc2c(cc1OC)C1CCCCC1OC2c1cccc2ccccc12. The van der Waals surface area contributed by atoms with Gasteiger partial charge in [-0.25, -0.2) is 0 Å². The molecule has 1 heterocycles. The molecule has 0 saturated heterocycles. The Morgan fingerprint density at radius 3 is 2.32 bits per heavy atom. The number of methoxy groups -OCH3 is 2. The van der Waals surface area contributed by atoms with Gasteiger partial charge < -0.3 is 14.2 Å². The zero-order valence-electron chi connectivity index (χ0n) is 16.5. The quantitative estimate of drug-likeness (QED) is 0.562. The van der Waals surface area contributed by atoms with Crippen LogP contribution < -0.4 is 9.47 Å². The molecule has 3 nitrogen and oxygen atoms in total. The van der Waals surface area contributed by atoms with Gasteiger partial charge >= 0.3 is 0 Å². The first-order valence-electron chi connectivity index (χ1n) is 10.2. The highest BCUT2D eigenvalue weighted by Gasteiger charge is 2.39. The van der Waals surface area contributed by atoms with Crippen molar-refractivity contribution in [2.75, 3.05) is 14.2 Å². The molecule has 0 amide bonds. The summed E-state index contributed by atoms with van der Waals surface area (Å²) >= 11 is 0. The highest BCUT2D eigenvalue weighted by Crippen LogP contribution is 2.50. The second-order valence-corrected chi connectivity index (χ2v) is 7.85. The monoisotopic (exact) mass is 374 g/mol. The summed E-state index contributed by atoms with van der Waals surface area (Å²) in [6, 6.07) is 19.4. The van der Waals surface area contributed by atoms with Crippen LogP contribution in [0.25, 0.3) is 10.8 Å². The smallest absolute Gasteiger partial charge is 0.161 e.